The first kappa shape index (κ1) is 16.8. The van der Waals surface area contributed by atoms with Crippen molar-refractivity contribution in [1.82, 2.24) is 10.2 Å². The molecule has 0 amide bonds. The van der Waals surface area contributed by atoms with E-state index in [2.05, 4.69) is 40.0 Å². The Hall–Kier alpha value is -0.520. The third-order valence-electron chi connectivity index (χ3n) is 4.17. The quantitative estimate of drug-likeness (QED) is 0.849. The SMILES string of the molecule is CCCC(C)[C@H](c1c(F)cc(Br)cc1F)N1CCNCC1. The molecule has 1 saturated heterocycles. The molecule has 1 fully saturated rings. The van der Waals surface area contributed by atoms with Gasteiger partial charge in [-0.05, 0) is 24.5 Å². The molecule has 1 unspecified atom stereocenters. The van der Waals surface area contributed by atoms with Crippen molar-refractivity contribution in [3.8, 4) is 0 Å². The molecule has 2 rings (SSSR count). The summed E-state index contributed by atoms with van der Waals surface area (Å²) in [6.45, 7) is 7.60. The molecule has 1 aromatic carbocycles. The molecular weight excluding hydrogens is 338 g/mol. The Morgan fingerprint density at radius 3 is 2.33 bits per heavy atom. The van der Waals surface area contributed by atoms with Crippen molar-refractivity contribution in [3.63, 3.8) is 0 Å². The van der Waals surface area contributed by atoms with Gasteiger partial charge in [0.05, 0.1) is 0 Å². The molecule has 118 valence electrons. The van der Waals surface area contributed by atoms with E-state index in [-0.39, 0.29) is 17.5 Å². The van der Waals surface area contributed by atoms with Gasteiger partial charge < -0.3 is 5.32 Å². The van der Waals surface area contributed by atoms with Gasteiger partial charge in [0.25, 0.3) is 0 Å². The molecule has 0 spiro atoms. The van der Waals surface area contributed by atoms with E-state index < -0.39 is 11.6 Å². The maximum atomic E-state index is 14.4. The summed E-state index contributed by atoms with van der Waals surface area (Å²) in [5.74, 6) is -0.681. The standard InChI is InChI=1S/C16H23BrF2N2/c1-3-4-11(2)16(21-7-5-20-6-8-21)15-13(18)9-12(17)10-14(15)19/h9-11,16,20H,3-8H2,1-2H3/t11?,16-/m1/s1. The van der Waals surface area contributed by atoms with Crippen LogP contribution in [0.5, 0.6) is 0 Å². The number of benzene rings is 1. The van der Waals surface area contributed by atoms with Crippen LogP contribution in [0.4, 0.5) is 8.78 Å². The molecule has 0 radical (unpaired) electrons. The first-order valence-corrected chi connectivity index (χ1v) is 8.43. The van der Waals surface area contributed by atoms with Crippen molar-refractivity contribution >= 4 is 15.9 Å². The third-order valence-corrected chi connectivity index (χ3v) is 4.63. The molecule has 1 aromatic rings. The fraction of sp³-hybridized carbons (Fsp3) is 0.625. The van der Waals surface area contributed by atoms with Crippen LogP contribution in [-0.2, 0) is 0 Å². The minimum atomic E-state index is -0.451. The van der Waals surface area contributed by atoms with Crippen molar-refractivity contribution < 1.29 is 8.78 Å². The number of halogens is 3. The van der Waals surface area contributed by atoms with Crippen molar-refractivity contribution in [2.24, 2.45) is 5.92 Å². The van der Waals surface area contributed by atoms with Crippen molar-refractivity contribution in [2.45, 2.75) is 32.7 Å². The van der Waals surface area contributed by atoms with E-state index >= 15 is 0 Å². The van der Waals surface area contributed by atoms with Gasteiger partial charge >= 0.3 is 0 Å². The molecular formula is C16H23BrF2N2. The normalized spacial score (nSPS) is 19.5. The highest BCUT2D eigenvalue weighted by Crippen LogP contribution is 2.36. The van der Waals surface area contributed by atoms with Gasteiger partial charge in [-0.25, -0.2) is 8.78 Å². The average Bonchev–Trinajstić information content (AvgIpc) is 2.43. The molecule has 1 aliphatic rings. The fourth-order valence-electron chi connectivity index (χ4n) is 3.24. The summed E-state index contributed by atoms with van der Waals surface area (Å²) in [5.41, 5.74) is 0.223. The van der Waals surface area contributed by atoms with Gasteiger partial charge in [-0.3, -0.25) is 4.90 Å². The van der Waals surface area contributed by atoms with Crippen LogP contribution in [0.25, 0.3) is 0 Å². The Morgan fingerprint density at radius 2 is 1.81 bits per heavy atom. The Morgan fingerprint density at radius 1 is 1.24 bits per heavy atom. The molecule has 1 N–H and O–H groups in total. The Balaban J connectivity index is 2.38. The van der Waals surface area contributed by atoms with Crippen LogP contribution >= 0.6 is 15.9 Å². The first-order valence-electron chi connectivity index (χ1n) is 7.63. The van der Waals surface area contributed by atoms with E-state index in [4.69, 9.17) is 0 Å². The molecule has 1 heterocycles. The van der Waals surface area contributed by atoms with Crippen molar-refractivity contribution in [3.05, 3.63) is 33.8 Å². The van der Waals surface area contributed by atoms with Crippen molar-refractivity contribution in [1.29, 1.82) is 0 Å². The highest BCUT2D eigenvalue weighted by molar-refractivity contribution is 9.10. The molecule has 21 heavy (non-hydrogen) atoms. The smallest absolute Gasteiger partial charge is 0.132 e. The van der Waals surface area contributed by atoms with Crippen LogP contribution in [0.1, 0.15) is 38.3 Å². The lowest BCUT2D eigenvalue weighted by molar-refractivity contribution is 0.120. The number of nitrogens with zero attached hydrogens (tertiary/aromatic N) is 1. The van der Waals surface area contributed by atoms with Gasteiger partial charge in [0.15, 0.2) is 0 Å². The number of rotatable bonds is 5. The average molecular weight is 361 g/mol. The minimum Gasteiger partial charge on any atom is -0.314 e. The van der Waals surface area contributed by atoms with E-state index in [1.54, 1.807) is 0 Å². The summed E-state index contributed by atoms with van der Waals surface area (Å²) in [6.07, 6.45) is 1.98. The summed E-state index contributed by atoms with van der Waals surface area (Å²) >= 11 is 3.16. The van der Waals surface area contributed by atoms with E-state index in [0.717, 1.165) is 39.0 Å². The number of hydrogen-bond donors (Lipinski definition) is 1. The lowest BCUT2D eigenvalue weighted by Crippen LogP contribution is -2.47. The van der Waals surface area contributed by atoms with E-state index in [1.807, 2.05) is 0 Å². The van der Waals surface area contributed by atoms with Crippen molar-refractivity contribution in [2.75, 3.05) is 26.2 Å². The predicted octanol–water partition coefficient (Wildman–Crippen LogP) is 4.11. The van der Waals surface area contributed by atoms with Crippen LogP contribution in [0.2, 0.25) is 0 Å². The second-order valence-corrected chi connectivity index (χ2v) is 6.70. The first-order chi connectivity index (χ1) is 10.0. The molecule has 0 saturated carbocycles. The summed E-state index contributed by atoms with van der Waals surface area (Å²) < 4.78 is 29.3. The van der Waals surface area contributed by atoms with E-state index in [9.17, 15) is 8.78 Å². The zero-order chi connectivity index (χ0) is 15.4. The maximum Gasteiger partial charge on any atom is 0.132 e. The number of hydrogen-bond acceptors (Lipinski definition) is 2. The third kappa shape index (κ3) is 4.02. The van der Waals surface area contributed by atoms with Crippen LogP contribution < -0.4 is 5.32 Å². The topological polar surface area (TPSA) is 15.3 Å². The number of piperazine rings is 1. The Kier molecular flexibility index (Phi) is 6.14. The zero-order valence-electron chi connectivity index (χ0n) is 12.6. The second kappa shape index (κ2) is 7.65. The van der Waals surface area contributed by atoms with Gasteiger partial charge in [0.1, 0.15) is 11.6 Å². The minimum absolute atomic E-state index is 0.194. The lowest BCUT2D eigenvalue weighted by Gasteiger charge is -2.39. The molecule has 2 atom stereocenters. The van der Waals surface area contributed by atoms with Crippen LogP contribution in [-0.4, -0.2) is 31.1 Å². The predicted molar refractivity (Wildman–Crippen MR) is 85.3 cm³/mol. The maximum absolute atomic E-state index is 14.4. The summed E-state index contributed by atoms with van der Waals surface area (Å²) in [6, 6.07) is 2.54. The molecule has 2 nitrogen and oxygen atoms in total. The summed E-state index contributed by atoms with van der Waals surface area (Å²) in [7, 11) is 0. The van der Waals surface area contributed by atoms with E-state index in [0.29, 0.717) is 4.47 Å². The van der Waals surface area contributed by atoms with Crippen LogP contribution in [0.15, 0.2) is 16.6 Å². The molecule has 1 aliphatic heterocycles. The van der Waals surface area contributed by atoms with Gasteiger partial charge in [-0.2, -0.15) is 0 Å². The van der Waals surface area contributed by atoms with Gasteiger partial charge in [-0.1, -0.05) is 36.2 Å². The molecule has 0 bridgehead atoms. The monoisotopic (exact) mass is 360 g/mol. The van der Waals surface area contributed by atoms with Crippen LogP contribution in [0.3, 0.4) is 0 Å². The summed E-state index contributed by atoms with van der Waals surface area (Å²) in [4.78, 5) is 2.21. The van der Waals surface area contributed by atoms with Gasteiger partial charge in [-0.15, -0.1) is 0 Å². The highest BCUT2D eigenvalue weighted by Gasteiger charge is 2.31. The molecule has 5 heteroatoms. The zero-order valence-corrected chi connectivity index (χ0v) is 14.2. The van der Waals surface area contributed by atoms with Gasteiger partial charge in [0, 0.05) is 42.3 Å². The molecule has 0 aromatic heterocycles. The Labute approximate surface area is 134 Å². The number of nitrogens with one attached hydrogen (secondary N) is 1. The molecule has 0 aliphatic carbocycles. The van der Waals surface area contributed by atoms with Gasteiger partial charge in [0.2, 0.25) is 0 Å². The van der Waals surface area contributed by atoms with Crippen LogP contribution in [0, 0.1) is 17.6 Å². The fourth-order valence-corrected chi connectivity index (χ4v) is 3.64. The highest BCUT2D eigenvalue weighted by atomic mass is 79.9. The van der Waals surface area contributed by atoms with E-state index in [1.165, 1.54) is 12.1 Å². The largest absolute Gasteiger partial charge is 0.314 e. The second-order valence-electron chi connectivity index (χ2n) is 5.78. The lowest BCUT2D eigenvalue weighted by atomic mass is 9.88. The summed E-state index contributed by atoms with van der Waals surface area (Å²) in [5, 5.41) is 3.29. The Bertz CT molecular complexity index is 452.